The van der Waals surface area contributed by atoms with Gasteiger partial charge in [-0.15, -0.1) is 0 Å². The largest absolute Gasteiger partial charge is 0.340 e. The first-order chi connectivity index (χ1) is 8.02. The van der Waals surface area contributed by atoms with Crippen LogP contribution in [0.4, 0.5) is 5.69 Å². The molecule has 102 valence electrons. The molecule has 0 heterocycles. The summed E-state index contributed by atoms with van der Waals surface area (Å²) in [5.74, 6) is 0. The van der Waals surface area contributed by atoms with E-state index in [2.05, 4.69) is 0 Å². The Labute approximate surface area is 114 Å². The molecule has 0 aliphatic rings. The Kier molecular flexibility index (Phi) is 4.57. The molecule has 2 atom stereocenters. The maximum Gasteiger partial charge on any atom is 0.340 e. The molecule has 0 fully saturated rings. The minimum absolute atomic E-state index is 0.308. The number of halogens is 2. The van der Waals surface area contributed by atoms with E-state index in [9.17, 15) is 18.9 Å². The highest BCUT2D eigenvalue weighted by atomic mass is 35.5. The van der Waals surface area contributed by atoms with E-state index in [4.69, 9.17) is 28.7 Å². The number of anilines is 1. The standard InChI is InChI=1S/C8H12Cl2N2O4P2/c1-12(7-5-3-2-4-6-7)18(15,16)8(9,10)17(11,13)14/h2-6H,1H3,(H,15,16)(H3,11,13,14). The molecule has 0 saturated carbocycles. The van der Waals surface area contributed by atoms with Crippen LogP contribution in [0.1, 0.15) is 0 Å². The quantitative estimate of drug-likeness (QED) is 0.578. The summed E-state index contributed by atoms with van der Waals surface area (Å²) in [6, 6.07) is 7.99. The van der Waals surface area contributed by atoms with Crippen LogP contribution in [0.25, 0.3) is 0 Å². The number of para-hydroxylation sites is 1. The summed E-state index contributed by atoms with van der Waals surface area (Å²) >= 11 is 11.0. The van der Waals surface area contributed by atoms with Crippen molar-refractivity contribution < 1.29 is 18.9 Å². The number of nitrogens with two attached hydrogens (primary N) is 1. The Morgan fingerprint density at radius 2 is 1.67 bits per heavy atom. The predicted molar refractivity (Wildman–Crippen MR) is 73.1 cm³/mol. The van der Waals surface area contributed by atoms with Gasteiger partial charge in [0.05, 0.1) is 0 Å². The summed E-state index contributed by atoms with van der Waals surface area (Å²) < 4.78 is 21.5. The fourth-order valence-electron chi connectivity index (χ4n) is 1.17. The number of hydrogen-bond donors (Lipinski definition) is 3. The van der Waals surface area contributed by atoms with Gasteiger partial charge in [-0.3, -0.25) is 14.6 Å². The van der Waals surface area contributed by atoms with E-state index in [-0.39, 0.29) is 0 Å². The summed E-state index contributed by atoms with van der Waals surface area (Å²) in [6.07, 6.45) is 0. The van der Waals surface area contributed by atoms with Crippen molar-refractivity contribution in [2.24, 2.45) is 5.50 Å². The topological polar surface area (TPSA) is 104 Å². The minimum Gasteiger partial charge on any atom is -0.331 e. The van der Waals surface area contributed by atoms with Crippen LogP contribution in [-0.2, 0) is 9.13 Å². The van der Waals surface area contributed by atoms with Crippen LogP contribution < -0.4 is 10.2 Å². The van der Waals surface area contributed by atoms with E-state index < -0.39 is 18.9 Å². The molecule has 0 amide bonds. The van der Waals surface area contributed by atoms with Crippen LogP contribution >= 0.6 is 38.2 Å². The van der Waals surface area contributed by atoms with Gasteiger partial charge in [0, 0.05) is 12.7 Å². The summed E-state index contributed by atoms with van der Waals surface area (Å²) in [7, 11) is -8.06. The molecule has 0 aromatic heterocycles. The Hall–Kier alpha value is -0.0600. The molecular weight excluding hydrogens is 321 g/mol. The molecule has 0 bridgehead atoms. The third-order valence-corrected chi connectivity index (χ3v) is 9.20. The molecule has 0 spiro atoms. The van der Waals surface area contributed by atoms with Gasteiger partial charge in [-0.2, -0.15) is 0 Å². The van der Waals surface area contributed by atoms with Gasteiger partial charge in [0.2, 0.25) is 0 Å². The van der Waals surface area contributed by atoms with Crippen LogP contribution in [-0.4, -0.2) is 20.7 Å². The Morgan fingerprint density at radius 3 is 2.06 bits per heavy atom. The first kappa shape index (κ1) is 16.0. The summed E-state index contributed by atoms with van der Waals surface area (Å²) in [4.78, 5) is 19.1. The minimum atomic E-state index is -4.69. The lowest BCUT2D eigenvalue weighted by Crippen LogP contribution is -2.28. The Bertz CT molecular complexity index is 519. The van der Waals surface area contributed by atoms with Gasteiger partial charge in [-0.25, -0.2) is 0 Å². The van der Waals surface area contributed by atoms with Crippen molar-refractivity contribution in [1.82, 2.24) is 0 Å². The first-order valence-electron chi connectivity index (χ1n) is 4.63. The first-order valence-corrected chi connectivity index (χ1v) is 8.73. The second kappa shape index (κ2) is 5.14. The molecule has 10 heteroatoms. The van der Waals surface area contributed by atoms with Crippen LogP contribution in [0.15, 0.2) is 30.3 Å². The fourth-order valence-corrected chi connectivity index (χ4v) is 4.55. The molecule has 6 nitrogen and oxygen atoms in total. The highest BCUT2D eigenvalue weighted by Gasteiger charge is 2.59. The highest BCUT2D eigenvalue weighted by molar-refractivity contribution is 7.83. The summed E-state index contributed by atoms with van der Waals surface area (Å²) in [5.41, 5.74) is 5.21. The van der Waals surface area contributed by atoms with E-state index in [1.54, 1.807) is 18.2 Å². The van der Waals surface area contributed by atoms with Crippen LogP contribution in [0.2, 0.25) is 0 Å². The van der Waals surface area contributed by atoms with Crippen molar-refractivity contribution in [3.63, 3.8) is 0 Å². The molecule has 1 aromatic carbocycles. The second-order valence-corrected chi connectivity index (χ2v) is 10.5. The molecule has 1 aromatic rings. The lowest BCUT2D eigenvalue weighted by Gasteiger charge is -2.33. The van der Waals surface area contributed by atoms with E-state index in [1.807, 2.05) is 0 Å². The van der Waals surface area contributed by atoms with Crippen LogP contribution in [0.3, 0.4) is 0 Å². The van der Waals surface area contributed by atoms with Crippen LogP contribution in [0, 0.1) is 0 Å². The number of benzene rings is 1. The van der Waals surface area contributed by atoms with Gasteiger partial charge >= 0.3 is 18.9 Å². The van der Waals surface area contributed by atoms with Crippen molar-refractivity contribution in [2.75, 3.05) is 11.7 Å². The van der Waals surface area contributed by atoms with Crippen molar-refractivity contribution >= 4 is 43.9 Å². The van der Waals surface area contributed by atoms with Crippen molar-refractivity contribution in [2.45, 2.75) is 3.82 Å². The van der Waals surface area contributed by atoms with Gasteiger partial charge in [-0.05, 0) is 12.1 Å². The van der Waals surface area contributed by atoms with Crippen molar-refractivity contribution in [1.29, 1.82) is 0 Å². The van der Waals surface area contributed by atoms with E-state index in [0.717, 1.165) is 4.67 Å². The average molecular weight is 333 g/mol. The molecule has 18 heavy (non-hydrogen) atoms. The lowest BCUT2D eigenvalue weighted by molar-refractivity contribution is 0.456. The molecule has 2 unspecified atom stereocenters. The zero-order chi connectivity index (χ0) is 14.2. The zero-order valence-electron chi connectivity index (χ0n) is 9.27. The maximum atomic E-state index is 12.2. The summed E-state index contributed by atoms with van der Waals surface area (Å²) in [5, 5.41) is 0. The number of alkyl halides is 2. The molecular formula is C8H12Cl2N2O4P2. The molecule has 0 saturated heterocycles. The SMILES string of the molecule is CN(c1ccccc1)P(=O)(O)C(Cl)(Cl)P(N)(=O)O. The average Bonchev–Trinajstić information content (AvgIpc) is 2.27. The Balaban J connectivity index is 3.24. The van der Waals surface area contributed by atoms with E-state index in [0.29, 0.717) is 5.69 Å². The Morgan fingerprint density at radius 1 is 1.22 bits per heavy atom. The van der Waals surface area contributed by atoms with Gasteiger partial charge in [0.1, 0.15) is 0 Å². The predicted octanol–water partition coefficient (Wildman–Crippen LogP) is 2.54. The molecule has 0 radical (unpaired) electrons. The third kappa shape index (κ3) is 2.75. The monoisotopic (exact) mass is 332 g/mol. The molecule has 4 N–H and O–H groups in total. The highest BCUT2D eigenvalue weighted by Crippen LogP contribution is 2.75. The van der Waals surface area contributed by atoms with Gasteiger partial charge in [0.15, 0.2) is 0 Å². The lowest BCUT2D eigenvalue weighted by atomic mass is 10.3. The smallest absolute Gasteiger partial charge is 0.331 e. The zero-order valence-corrected chi connectivity index (χ0v) is 12.6. The fraction of sp³-hybridized carbons (Fsp3) is 0.250. The molecule has 0 aliphatic carbocycles. The second-order valence-electron chi connectivity index (χ2n) is 3.54. The van der Waals surface area contributed by atoms with Gasteiger partial charge in [-0.1, -0.05) is 41.4 Å². The van der Waals surface area contributed by atoms with Gasteiger partial charge < -0.3 is 14.5 Å². The van der Waals surface area contributed by atoms with E-state index >= 15 is 0 Å². The maximum absolute atomic E-state index is 12.2. The van der Waals surface area contributed by atoms with Crippen molar-refractivity contribution in [3.05, 3.63) is 30.3 Å². The summed E-state index contributed by atoms with van der Waals surface area (Å²) in [6.45, 7) is 0. The van der Waals surface area contributed by atoms with Gasteiger partial charge in [0.25, 0.3) is 0 Å². The van der Waals surface area contributed by atoms with E-state index in [1.165, 1.54) is 19.2 Å². The normalized spacial score (nSPS) is 18.8. The third-order valence-electron chi connectivity index (χ3n) is 2.27. The van der Waals surface area contributed by atoms with Crippen molar-refractivity contribution in [3.8, 4) is 0 Å². The molecule has 0 aliphatic heterocycles. The van der Waals surface area contributed by atoms with Crippen LogP contribution in [0.5, 0.6) is 0 Å². The number of nitrogens with zero attached hydrogens (tertiary/aromatic N) is 1. The number of hydrogen-bond acceptors (Lipinski definition) is 2. The molecule has 1 rings (SSSR count). The number of rotatable bonds is 4.